The van der Waals surface area contributed by atoms with E-state index in [1.807, 2.05) is 24.3 Å². The molecule has 1 fully saturated rings. The minimum Gasteiger partial charge on any atom is -0.493 e. The largest absolute Gasteiger partial charge is 0.493 e. The van der Waals surface area contributed by atoms with E-state index in [4.69, 9.17) is 9.47 Å². The molecule has 0 spiro atoms. The monoisotopic (exact) mass is 403 g/mol. The lowest BCUT2D eigenvalue weighted by Gasteiger charge is -2.16. The minimum absolute atomic E-state index is 0.287. The number of alkyl halides is 1. The van der Waals surface area contributed by atoms with Gasteiger partial charge in [-0.2, -0.15) is 4.98 Å². The van der Waals surface area contributed by atoms with E-state index < -0.39 is 6.17 Å². The van der Waals surface area contributed by atoms with Crippen molar-refractivity contribution < 1.29 is 13.9 Å². The van der Waals surface area contributed by atoms with E-state index >= 15 is 0 Å². The molecule has 3 rings (SSSR count). The molecule has 1 atom stereocenters. The number of hydrogen-bond donors (Lipinski definition) is 2. The van der Waals surface area contributed by atoms with Crippen LogP contribution in [0.25, 0.3) is 0 Å². The molecule has 1 aromatic carbocycles. The van der Waals surface area contributed by atoms with E-state index in [2.05, 4.69) is 39.3 Å². The molecule has 29 heavy (non-hydrogen) atoms. The van der Waals surface area contributed by atoms with E-state index in [9.17, 15) is 4.39 Å². The highest BCUT2D eigenvalue weighted by atomic mass is 19.1. The average molecular weight is 404 g/mol. The van der Waals surface area contributed by atoms with Crippen molar-refractivity contribution in [3.05, 3.63) is 30.5 Å². The van der Waals surface area contributed by atoms with Crippen LogP contribution < -0.4 is 20.1 Å². The van der Waals surface area contributed by atoms with Gasteiger partial charge in [-0.3, -0.25) is 0 Å². The van der Waals surface area contributed by atoms with Crippen molar-refractivity contribution in [2.75, 3.05) is 44.0 Å². The third kappa shape index (κ3) is 6.45. The predicted molar refractivity (Wildman–Crippen MR) is 113 cm³/mol. The average Bonchev–Trinajstić information content (AvgIpc) is 3.10. The molecule has 1 aliphatic rings. The van der Waals surface area contributed by atoms with Crippen molar-refractivity contribution in [2.45, 2.75) is 38.9 Å². The van der Waals surface area contributed by atoms with Crippen molar-refractivity contribution in [3.8, 4) is 11.5 Å². The van der Waals surface area contributed by atoms with Crippen molar-refractivity contribution in [2.24, 2.45) is 0 Å². The van der Waals surface area contributed by atoms with Gasteiger partial charge in [0.15, 0.2) is 11.5 Å². The molecule has 158 valence electrons. The molecule has 0 saturated carbocycles. The summed E-state index contributed by atoms with van der Waals surface area (Å²) >= 11 is 0. The maximum absolute atomic E-state index is 13.2. The van der Waals surface area contributed by atoms with Gasteiger partial charge in [0, 0.05) is 43.6 Å². The van der Waals surface area contributed by atoms with Gasteiger partial charge in [-0.05, 0) is 44.9 Å². The van der Waals surface area contributed by atoms with Crippen LogP contribution in [0.1, 0.15) is 26.7 Å². The molecule has 0 radical (unpaired) electrons. The summed E-state index contributed by atoms with van der Waals surface area (Å²) in [5.41, 5.74) is 0.808. The Labute approximate surface area is 171 Å². The van der Waals surface area contributed by atoms with Crippen LogP contribution in [-0.4, -0.2) is 60.4 Å². The maximum Gasteiger partial charge on any atom is 0.229 e. The number of rotatable bonds is 10. The van der Waals surface area contributed by atoms with Gasteiger partial charge in [0.05, 0.1) is 13.7 Å². The summed E-state index contributed by atoms with van der Waals surface area (Å²) in [5.74, 6) is 2.58. The molecular weight excluding hydrogens is 373 g/mol. The van der Waals surface area contributed by atoms with Gasteiger partial charge in [0.2, 0.25) is 5.95 Å². The SMILES string of the molecule is COc1ccc(Nc2nccc(NC(C)C)n2)cc1OCCCN1CC[C@@H](F)C1. The van der Waals surface area contributed by atoms with Crippen LogP contribution in [0.5, 0.6) is 11.5 Å². The van der Waals surface area contributed by atoms with Crippen LogP contribution in [-0.2, 0) is 0 Å². The van der Waals surface area contributed by atoms with E-state index in [0.717, 1.165) is 31.0 Å². The molecule has 2 aromatic rings. The summed E-state index contributed by atoms with van der Waals surface area (Å²) in [6, 6.07) is 7.73. The predicted octanol–water partition coefficient (Wildman–Crippen LogP) is 3.86. The fourth-order valence-corrected chi connectivity index (χ4v) is 3.25. The van der Waals surface area contributed by atoms with Gasteiger partial charge in [0.25, 0.3) is 0 Å². The van der Waals surface area contributed by atoms with Crippen LogP contribution in [0.3, 0.4) is 0 Å². The number of nitrogens with zero attached hydrogens (tertiary/aromatic N) is 3. The zero-order chi connectivity index (χ0) is 20.6. The van der Waals surface area contributed by atoms with Crippen LogP contribution >= 0.6 is 0 Å². The zero-order valence-corrected chi connectivity index (χ0v) is 17.3. The summed E-state index contributed by atoms with van der Waals surface area (Å²) in [6.07, 6.45) is 2.49. The topological polar surface area (TPSA) is 71.5 Å². The number of anilines is 3. The minimum atomic E-state index is -0.685. The molecular formula is C21H30FN5O2. The first-order valence-electron chi connectivity index (χ1n) is 10.1. The molecule has 0 bridgehead atoms. The maximum atomic E-state index is 13.2. The number of hydrogen-bond acceptors (Lipinski definition) is 7. The molecule has 7 nitrogen and oxygen atoms in total. The second-order valence-corrected chi connectivity index (χ2v) is 7.44. The fourth-order valence-electron chi connectivity index (χ4n) is 3.25. The Morgan fingerprint density at radius 1 is 1.28 bits per heavy atom. The summed E-state index contributed by atoms with van der Waals surface area (Å²) in [4.78, 5) is 10.9. The van der Waals surface area contributed by atoms with Crippen LogP contribution in [0, 0.1) is 0 Å². The van der Waals surface area contributed by atoms with Crippen LogP contribution in [0.15, 0.2) is 30.5 Å². The van der Waals surface area contributed by atoms with Crippen molar-refractivity contribution >= 4 is 17.5 Å². The third-order valence-corrected chi connectivity index (χ3v) is 4.60. The molecule has 2 N–H and O–H groups in total. The lowest BCUT2D eigenvalue weighted by atomic mass is 10.2. The first kappa shape index (κ1) is 21.1. The quantitative estimate of drug-likeness (QED) is 0.584. The number of likely N-dealkylation sites (tertiary alicyclic amines) is 1. The molecule has 0 unspecified atom stereocenters. The normalized spacial score (nSPS) is 16.8. The van der Waals surface area contributed by atoms with E-state index in [1.165, 1.54) is 0 Å². The fraction of sp³-hybridized carbons (Fsp3) is 0.524. The Bertz CT molecular complexity index is 789. The van der Waals surface area contributed by atoms with E-state index in [1.54, 1.807) is 13.3 Å². The van der Waals surface area contributed by atoms with Gasteiger partial charge in [-0.25, -0.2) is 9.37 Å². The van der Waals surface area contributed by atoms with Crippen molar-refractivity contribution in [1.29, 1.82) is 0 Å². The number of benzene rings is 1. The highest BCUT2D eigenvalue weighted by Gasteiger charge is 2.20. The van der Waals surface area contributed by atoms with Gasteiger partial charge in [-0.15, -0.1) is 0 Å². The Balaban J connectivity index is 1.58. The molecule has 1 aromatic heterocycles. The summed E-state index contributed by atoms with van der Waals surface area (Å²) in [6.45, 7) is 6.85. The Hall–Kier alpha value is -2.61. The molecule has 2 heterocycles. The molecule has 0 aliphatic carbocycles. The standard InChI is InChI=1S/C21H30FN5O2/c1-15(2)24-20-7-9-23-21(26-20)25-17-5-6-18(28-3)19(13-17)29-12-4-10-27-11-8-16(22)14-27/h5-7,9,13,15-16H,4,8,10-12,14H2,1-3H3,(H2,23,24,25,26)/t16-/m1/s1. The van der Waals surface area contributed by atoms with Gasteiger partial charge < -0.3 is 25.0 Å². The number of nitrogens with one attached hydrogen (secondary N) is 2. The van der Waals surface area contributed by atoms with E-state index in [-0.39, 0.29) is 6.04 Å². The van der Waals surface area contributed by atoms with Gasteiger partial charge in [0.1, 0.15) is 12.0 Å². The van der Waals surface area contributed by atoms with Gasteiger partial charge >= 0.3 is 0 Å². The van der Waals surface area contributed by atoms with Gasteiger partial charge in [-0.1, -0.05) is 0 Å². The highest BCUT2D eigenvalue weighted by Crippen LogP contribution is 2.31. The van der Waals surface area contributed by atoms with E-state index in [0.29, 0.717) is 37.0 Å². The summed E-state index contributed by atoms with van der Waals surface area (Å²) in [5, 5.41) is 6.46. The summed E-state index contributed by atoms with van der Waals surface area (Å²) in [7, 11) is 1.62. The number of ether oxygens (including phenoxy) is 2. The lowest BCUT2D eigenvalue weighted by Crippen LogP contribution is -2.23. The van der Waals surface area contributed by atoms with Crippen LogP contribution in [0.4, 0.5) is 21.8 Å². The molecule has 8 heteroatoms. The van der Waals surface area contributed by atoms with Crippen molar-refractivity contribution in [1.82, 2.24) is 14.9 Å². The Morgan fingerprint density at radius 3 is 2.86 bits per heavy atom. The number of halogens is 1. The number of aromatic nitrogens is 2. The number of methoxy groups -OCH3 is 1. The smallest absolute Gasteiger partial charge is 0.229 e. The second-order valence-electron chi connectivity index (χ2n) is 7.44. The first-order valence-corrected chi connectivity index (χ1v) is 10.1. The molecule has 1 aliphatic heterocycles. The highest BCUT2D eigenvalue weighted by molar-refractivity contribution is 5.60. The van der Waals surface area contributed by atoms with Crippen molar-refractivity contribution in [3.63, 3.8) is 0 Å². The molecule has 1 saturated heterocycles. The first-order chi connectivity index (χ1) is 14.0. The third-order valence-electron chi connectivity index (χ3n) is 4.60. The lowest BCUT2D eigenvalue weighted by molar-refractivity contribution is 0.242. The van der Waals surface area contributed by atoms with Crippen LogP contribution in [0.2, 0.25) is 0 Å². The second kappa shape index (κ2) is 10.2. The molecule has 0 amide bonds. The Kier molecular flexibility index (Phi) is 7.46. The summed E-state index contributed by atoms with van der Waals surface area (Å²) < 4.78 is 24.6. The Morgan fingerprint density at radius 2 is 2.14 bits per heavy atom. The zero-order valence-electron chi connectivity index (χ0n) is 17.3.